The zero-order chi connectivity index (χ0) is 11.5. The molecule has 2 rings (SSSR count). The fourth-order valence-electron chi connectivity index (χ4n) is 1.15. The van der Waals surface area contributed by atoms with Crippen molar-refractivity contribution in [3.8, 4) is 0 Å². The lowest BCUT2D eigenvalue weighted by molar-refractivity contribution is 0.112. The Morgan fingerprint density at radius 2 is 2.31 bits per heavy atom. The molecule has 0 spiro atoms. The second-order valence-corrected chi connectivity index (χ2v) is 4.09. The first-order chi connectivity index (χ1) is 7.70. The van der Waals surface area contributed by atoms with E-state index in [9.17, 15) is 9.18 Å². The summed E-state index contributed by atoms with van der Waals surface area (Å²) in [6.07, 6.45) is 2.01. The molecule has 0 bridgehead atoms. The molecule has 0 radical (unpaired) electrons. The van der Waals surface area contributed by atoms with Gasteiger partial charge in [0.25, 0.3) is 0 Å². The van der Waals surface area contributed by atoms with Crippen LogP contribution in [0.2, 0.25) is 0 Å². The number of halogens is 1. The molecule has 0 N–H and O–H groups in total. The Morgan fingerprint density at radius 3 is 2.88 bits per heavy atom. The third-order valence-electron chi connectivity index (χ3n) is 1.96. The van der Waals surface area contributed by atoms with Crippen LogP contribution in [0.25, 0.3) is 0 Å². The van der Waals surface area contributed by atoms with Crippen molar-refractivity contribution < 1.29 is 9.18 Å². The van der Waals surface area contributed by atoms with E-state index in [0.29, 0.717) is 21.9 Å². The van der Waals surface area contributed by atoms with Crippen LogP contribution in [0.15, 0.2) is 34.6 Å². The van der Waals surface area contributed by atoms with Crippen LogP contribution in [0.5, 0.6) is 0 Å². The van der Waals surface area contributed by atoms with E-state index in [0.717, 1.165) is 0 Å². The summed E-state index contributed by atoms with van der Waals surface area (Å²) in [6, 6.07) is 4.32. The highest BCUT2D eigenvalue weighted by Gasteiger charge is 2.08. The van der Waals surface area contributed by atoms with Crippen LogP contribution in [0.1, 0.15) is 10.4 Å². The molecule has 2 aromatic rings. The van der Waals surface area contributed by atoms with Gasteiger partial charge in [0.1, 0.15) is 18.4 Å². The maximum atomic E-state index is 13.5. The zero-order valence-corrected chi connectivity index (χ0v) is 9.24. The van der Waals surface area contributed by atoms with Gasteiger partial charge in [-0.2, -0.15) is 5.10 Å². The highest BCUT2D eigenvalue weighted by Crippen LogP contribution is 2.27. The SMILES string of the molecule is Cn1ncnc1Sc1ccc(C=O)cc1F. The van der Waals surface area contributed by atoms with Gasteiger partial charge in [-0.15, -0.1) is 0 Å². The lowest BCUT2D eigenvalue weighted by atomic mass is 10.2. The Morgan fingerprint density at radius 1 is 1.50 bits per heavy atom. The van der Waals surface area contributed by atoms with Crippen LogP contribution in [0, 0.1) is 5.82 Å². The molecule has 0 aliphatic heterocycles. The molecule has 0 atom stereocenters. The topological polar surface area (TPSA) is 47.8 Å². The van der Waals surface area contributed by atoms with Crippen LogP contribution in [0.3, 0.4) is 0 Å². The molecule has 0 saturated carbocycles. The number of rotatable bonds is 3. The van der Waals surface area contributed by atoms with Gasteiger partial charge >= 0.3 is 0 Å². The van der Waals surface area contributed by atoms with E-state index in [1.165, 1.54) is 24.2 Å². The molecule has 0 fully saturated rings. The van der Waals surface area contributed by atoms with E-state index >= 15 is 0 Å². The molecular formula is C10H8FN3OS. The van der Waals surface area contributed by atoms with Crippen molar-refractivity contribution in [1.82, 2.24) is 14.8 Å². The summed E-state index contributed by atoms with van der Waals surface area (Å²) >= 11 is 1.17. The standard InChI is InChI=1S/C10H8FN3OS/c1-14-10(12-6-13-14)16-9-3-2-7(5-15)4-8(9)11/h2-6H,1H3. The predicted octanol–water partition coefficient (Wildman–Crippen LogP) is 1.92. The lowest BCUT2D eigenvalue weighted by Crippen LogP contribution is -1.93. The van der Waals surface area contributed by atoms with Gasteiger partial charge in [-0.25, -0.2) is 14.1 Å². The van der Waals surface area contributed by atoms with Crippen molar-refractivity contribution in [3.63, 3.8) is 0 Å². The van der Waals surface area contributed by atoms with Crippen LogP contribution in [-0.4, -0.2) is 21.1 Å². The van der Waals surface area contributed by atoms with Gasteiger partial charge in [-0.1, -0.05) is 6.07 Å². The summed E-state index contributed by atoms with van der Waals surface area (Å²) in [7, 11) is 1.73. The Hall–Kier alpha value is -1.69. The third kappa shape index (κ3) is 2.11. The van der Waals surface area contributed by atoms with Crippen molar-refractivity contribution in [1.29, 1.82) is 0 Å². The molecule has 0 amide bonds. The largest absolute Gasteiger partial charge is 0.298 e. The Labute approximate surface area is 95.5 Å². The van der Waals surface area contributed by atoms with Crippen molar-refractivity contribution in [2.45, 2.75) is 10.1 Å². The number of benzene rings is 1. The van der Waals surface area contributed by atoms with E-state index in [1.807, 2.05) is 0 Å². The Bertz CT molecular complexity index is 527. The minimum Gasteiger partial charge on any atom is -0.298 e. The van der Waals surface area contributed by atoms with E-state index in [4.69, 9.17) is 0 Å². The average Bonchev–Trinajstić information content (AvgIpc) is 2.67. The Kier molecular flexibility index (Phi) is 3.00. The number of hydrogen-bond donors (Lipinski definition) is 0. The quantitative estimate of drug-likeness (QED) is 0.765. The molecule has 1 aromatic carbocycles. The molecule has 0 aliphatic rings. The van der Waals surface area contributed by atoms with Crippen LogP contribution in [0.4, 0.5) is 4.39 Å². The molecule has 6 heteroatoms. The van der Waals surface area contributed by atoms with Crippen molar-refractivity contribution in [2.75, 3.05) is 0 Å². The number of aryl methyl sites for hydroxylation is 1. The summed E-state index contributed by atoms with van der Waals surface area (Å²) in [5.74, 6) is -0.433. The Balaban J connectivity index is 2.29. The number of carbonyl (C=O) groups excluding carboxylic acids is 1. The first-order valence-electron chi connectivity index (χ1n) is 4.47. The maximum Gasteiger partial charge on any atom is 0.190 e. The fourth-order valence-corrected chi connectivity index (χ4v) is 1.92. The minimum atomic E-state index is -0.433. The van der Waals surface area contributed by atoms with Gasteiger partial charge in [0.05, 0.1) is 4.90 Å². The van der Waals surface area contributed by atoms with Gasteiger partial charge in [-0.05, 0) is 23.9 Å². The number of aromatic nitrogens is 3. The molecule has 82 valence electrons. The van der Waals surface area contributed by atoms with E-state index in [-0.39, 0.29) is 0 Å². The van der Waals surface area contributed by atoms with Gasteiger partial charge in [0.15, 0.2) is 5.16 Å². The smallest absolute Gasteiger partial charge is 0.190 e. The van der Waals surface area contributed by atoms with Gasteiger partial charge in [0.2, 0.25) is 0 Å². The monoisotopic (exact) mass is 237 g/mol. The number of carbonyl (C=O) groups is 1. The van der Waals surface area contributed by atoms with Crippen molar-refractivity contribution in [3.05, 3.63) is 35.9 Å². The van der Waals surface area contributed by atoms with Crippen LogP contribution in [-0.2, 0) is 7.05 Å². The average molecular weight is 237 g/mol. The summed E-state index contributed by atoms with van der Waals surface area (Å²) in [4.78, 5) is 14.8. The molecule has 1 aromatic heterocycles. The van der Waals surface area contributed by atoms with E-state index in [1.54, 1.807) is 23.9 Å². The third-order valence-corrected chi connectivity index (χ3v) is 3.07. The summed E-state index contributed by atoms with van der Waals surface area (Å²) in [5, 5.41) is 4.48. The number of nitrogens with zero attached hydrogens (tertiary/aromatic N) is 3. The van der Waals surface area contributed by atoms with Crippen LogP contribution >= 0.6 is 11.8 Å². The lowest BCUT2D eigenvalue weighted by Gasteiger charge is -2.02. The predicted molar refractivity (Wildman–Crippen MR) is 56.9 cm³/mol. The normalized spacial score (nSPS) is 10.4. The zero-order valence-electron chi connectivity index (χ0n) is 8.42. The summed E-state index contributed by atoms with van der Waals surface area (Å²) in [6.45, 7) is 0. The summed E-state index contributed by atoms with van der Waals surface area (Å²) in [5.41, 5.74) is 0.319. The maximum absolute atomic E-state index is 13.5. The second kappa shape index (κ2) is 4.44. The number of hydrogen-bond acceptors (Lipinski definition) is 4. The summed E-state index contributed by atoms with van der Waals surface area (Å²) < 4.78 is 15.1. The molecule has 4 nitrogen and oxygen atoms in total. The molecule has 0 aliphatic carbocycles. The van der Waals surface area contributed by atoms with E-state index < -0.39 is 5.82 Å². The van der Waals surface area contributed by atoms with Gasteiger partial charge < -0.3 is 0 Å². The van der Waals surface area contributed by atoms with Gasteiger partial charge in [0, 0.05) is 12.6 Å². The highest BCUT2D eigenvalue weighted by molar-refractivity contribution is 7.99. The van der Waals surface area contributed by atoms with Crippen molar-refractivity contribution >= 4 is 18.0 Å². The molecule has 0 unspecified atom stereocenters. The van der Waals surface area contributed by atoms with Crippen molar-refractivity contribution in [2.24, 2.45) is 7.05 Å². The molecular weight excluding hydrogens is 229 g/mol. The fraction of sp³-hybridized carbons (Fsp3) is 0.100. The first kappa shape index (κ1) is 10.8. The van der Waals surface area contributed by atoms with E-state index in [2.05, 4.69) is 10.1 Å². The second-order valence-electron chi connectivity index (χ2n) is 3.08. The minimum absolute atomic E-state index is 0.319. The first-order valence-corrected chi connectivity index (χ1v) is 5.29. The van der Waals surface area contributed by atoms with Crippen LogP contribution < -0.4 is 0 Å². The molecule has 0 saturated heterocycles. The number of aldehydes is 1. The molecule has 1 heterocycles. The highest BCUT2D eigenvalue weighted by atomic mass is 32.2. The van der Waals surface area contributed by atoms with Gasteiger partial charge in [-0.3, -0.25) is 4.79 Å². The molecule has 16 heavy (non-hydrogen) atoms.